The molecular formula is C13H13N5O. The van der Waals surface area contributed by atoms with Crippen LogP contribution in [0.1, 0.15) is 30.2 Å². The summed E-state index contributed by atoms with van der Waals surface area (Å²) in [7, 11) is 0. The third-order valence-corrected chi connectivity index (χ3v) is 3.19. The van der Waals surface area contributed by atoms with Gasteiger partial charge in [-0.25, -0.2) is 4.68 Å². The van der Waals surface area contributed by atoms with Gasteiger partial charge in [0.2, 0.25) is 0 Å². The topological polar surface area (TPSA) is 89.8 Å². The van der Waals surface area contributed by atoms with Crippen molar-refractivity contribution in [1.29, 1.82) is 5.26 Å². The summed E-state index contributed by atoms with van der Waals surface area (Å²) in [6.45, 7) is 0.704. The molecule has 0 saturated carbocycles. The molecule has 1 atom stereocenters. The van der Waals surface area contributed by atoms with Crippen molar-refractivity contribution < 1.29 is 4.74 Å². The molecule has 0 amide bonds. The molecule has 3 rings (SSSR count). The highest BCUT2D eigenvalue weighted by Gasteiger charge is 2.27. The van der Waals surface area contributed by atoms with Crippen LogP contribution in [0.25, 0.3) is 5.69 Å². The number of hydrogen-bond donors (Lipinski definition) is 1. The molecule has 0 bridgehead atoms. The third kappa shape index (κ3) is 1.94. The van der Waals surface area contributed by atoms with Gasteiger partial charge in [-0.15, -0.1) is 0 Å². The number of nitrogens with zero attached hydrogens (tertiary/aromatic N) is 4. The van der Waals surface area contributed by atoms with Crippen LogP contribution in [-0.2, 0) is 4.74 Å². The molecule has 2 aromatic rings. The lowest BCUT2D eigenvalue weighted by molar-refractivity contribution is 0.108. The number of ether oxygens (including phenoxy) is 1. The summed E-state index contributed by atoms with van der Waals surface area (Å²) in [5.41, 5.74) is 7.77. The van der Waals surface area contributed by atoms with Gasteiger partial charge < -0.3 is 10.5 Å². The molecule has 0 aromatic carbocycles. The number of nitrogen functional groups attached to an aromatic ring is 1. The second-order valence-electron chi connectivity index (χ2n) is 4.38. The number of nitrogens with two attached hydrogens (primary N) is 1. The number of rotatable bonds is 2. The van der Waals surface area contributed by atoms with Crippen molar-refractivity contribution >= 4 is 5.82 Å². The molecule has 19 heavy (non-hydrogen) atoms. The second-order valence-corrected chi connectivity index (χ2v) is 4.38. The third-order valence-electron chi connectivity index (χ3n) is 3.19. The minimum absolute atomic E-state index is 0.130. The number of hydrogen-bond acceptors (Lipinski definition) is 5. The van der Waals surface area contributed by atoms with Crippen molar-refractivity contribution in [2.45, 2.75) is 18.9 Å². The van der Waals surface area contributed by atoms with Crippen LogP contribution in [0.5, 0.6) is 0 Å². The van der Waals surface area contributed by atoms with E-state index in [1.165, 1.54) is 0 Å². The molecule has 0 radical (unpaired) electrons. The zero-order chi connectivity index (χ0) is 13.2. The second kappa shape index (κ2) is 4.71. The molecule has 2 aromatic heterocycles. The molecule has 1 aliphatic rings. The van der Waals surface area contributed by atoms with E-state index >= 15 is 0 Å². The maximum Gasteiger partial charge on any atom is 0.145 e. The van der Waals surface area contributed by atoms with E-state index in [1.54, 1.807) is 23.1 Å². The van der Waals surface area contributed by atoms with E-state index in [0.29, 0.717) is 23.7 Å². The standard InChI is InChI=1S/C13H13N5O/c14-7-10-12(11-4-2-6-19-11)17-18(13(10)15)9-3-1-5-16-8-9/h1,3,5,8,11H,2,4,6,15H2/t11-/m0/s1. The summed E-state index contributed by atoms with van der Waals surface area (Å²) in [5.74, 6) is 0.334. The van der Waals surface area contributed by atoms with Gasteiger partial charge >= 0.3 is 0 Å². The SMILES string of the molecule is N#Cc1c([C@@H]2CCCO2)nn(-c2cccnc2)c1N. The molecule has 6 heteroatoms. The quantitative estimate of drug-likeness (QED) is 0.879. The van der Waals surface area contributed by atoms with E-state index in [0.717, 1.165) is 18.5 Å². The molecule has 2 N–H and O–H groups in total. The first-order valence-corrected chi connectivity index (χ1v) is 6.11. The molecule has 0 aliphatic carbocycles. The van der Waals surface area contributed by atoms with Crippen LogP contribution < -0.4 is 5.73 Å². The van der Waals surface area contributed by atoms with Gasteiger partial charge in [-0.1, -0.05) is 0 Å². The summed E-state index contributed by atoms with van der Waals surface area (Å²) in [6, 6.07) is 5.77. The molecule has 1 fully saturated rings. The maximum absolute atomic E-state index is 9.27. The highest BCUT2D eigenvalue weighted by Crippen LogP contribution is 2.32. The van der Waals surface area contributed by atoms with Crippen molar-refractivity contribution in [2.24, 2.45) is 0 Å². The Morgan fingerprint density at radius 2 is 2.42 bits per heavy atom. The van der Waals surface area contributed by atoms with Crippen LogP contribution in [0.2, 0.25) is 0 Å². The van der Waals surface area contributed by atoms with E-state index in [2.05, 4.69) is 16.2 Å². The number of anilines is 1. The van der Waals surface area contributed by atoms with Crippen LogP contribution in [0, 0.1) is 11.3 Å². The molecular weight excluding hydrogens is 242 g/mol. The van der Waals surface area contributed by atoms with E-state index in [-0.39, 0.29) is 6.10 Å². The van der Waals surface area contributed by atoms with Gasteiger partial charge in [-0.05, 0) is 25.0 Å². The van der Waals surface area contributed by atoms with Gasteiger partial charge in [0.15, 0.2) is 0 Å². The summed E-state index contributed by atoms with van der Waals surface area (Å²) in [5, 5.41) is 13.7. The minimum Gasteiger partial charge on any atom is -0.382 e. The van der Waals surface area contributed by atoms with Crippen molar-refractivity contribution in [2.75, 3.05) is 12.3 Å². The Kier molecular flexibility index (Phi) is 2.89. The maximum atomic E-state index is 9.27. The van der Waals surface area contributed by atoms with Gasteiger partial charge in [0.25, 0.3) is 0 Å². The summed E-state index contributed by atoms with van der Waals surface area (Å²) in [6.07, 6.45) is 5.06. The Morgan fingerprint density at radius 1 is 1.53 bits per heavy atom. The Morgan fingerprint density at radius 3 is 3.05 bits per heavy atom. The van der Waals surface area contributed by atoms with Crippen LogP contribution >= 0.6 is 0 Å². The lowest BCUT2D eigenvalue weighted by atomic mass is 10.1. The normalized spacial score (nSPS) is 18.4. The number of aromatic nitrogens is 3. The molecule has 1 saturated heterocycles. The first-order valence-electron chi connectivity index (χ1n) is 6.11. The highest BCUT2D eigenvalue weighted by molar-refractivity contribution is 5.56. The van der Waals surface area contributed by atoms with Crippen LogP contribution in [0.3, 0.4) is 0 Å². The van der Waals surface area contributed by atoms with Gasteiger partial charge in [0.1, 0.15) is 29.2 Å². The molecule has 0 unspecified atom stereocenters. The Labute approximate surface area is 110 Å². The predicted molar refractivity (Wildman–Crippen MR) is 68.4 cm³/mol. The highest BCUT2D eigenvalue weighted by atomic mass is 16.5. The van der Waals surface area contributed by atoms with Gasteiger partial charge in [-0.3, -0.25) is 4.98 Å². The molecule has 6 nitrogen and oxygen atoms in total. The monoisotopic (exact) mass is 255 g/mol. The molecule has 0 spiro atoms. The van der Waals surface area contributed by atoms with Crippen molar-refractivity contribution in [3.8, 4) is 11.8 Å². The van der Waals surface area contributed by atoms with E-state index in [1.807, 2.05) is 6.07 Å². The van der Waals surface area contributed by atoms with Crippen LogP contribution in [-0.4, -0.2) is 21.4 Å². The zero-order valence-corrected chi connectivity index (χ0v) is 10.3. The smallest absolute Gasteiger partial charge is 0.145 e. The van der Waals surface area contributed by atoms with Gasteiger partial charge in [0.05, 0.1) is 11.9 Å². The van der Waals surface area contributed by atoms with Gasteiger partial charge in [0, 0.05) is 12.8 Å². The van der Waals surface area contributed by atoms with Crippen LogP contribution in [0.4, 0.5) is 5.82 Å². The van der Waals surface area contributed by atoms with Crippen LogP contribution in [0.15, 0.2) is 24.5 Å². The van der Waals surface area contributed by atoms with Crippen molar-refractivity contribution in [3.05, 3.63) is 35.8 Å². The van der Waals surface area contributed by atoms with Crippen molar-refractivity contribution in [1.82, 2.24) is 14.8 Å². The van der Waals surface area contributed by atoms with E-state index < -0.39 is 0 Å². The summed E-state index contributed by atoms with van der Waals surface area (Å²) < 4.78 is 7.13. The first kappa shape index (κ1) is 11.7. The summed E-state index contributed by atoms with van der Waals surface area (Å²) >= 11 is 0. The van der Waals surface area contributed by atoms with Crippen molar-refractivity contribution in [3.63, 3.8) is 0 Å². The predicted octanol–water partition coefficient (Wildman–Crippen LogP) is 1.57. The molecule has 3 heterocycles. The van der Waals surface area contributed by atoms with E-state index in [9.17, 15) is 5.26 Å². The fraction of sp³-hybridized carbons (Fsp3) is 0.308. The fourth-order valence-electron chi connectivity index (χ4n) is 2.26. The molecule has 1 aliphatic heterocycles. The number of nitriles is 1. The largest absolute Gasteiger partial charge is 0.382 e. The average Bonchev–Trinajstić information content (AvgIpc) is 3.07. The Hall–Kier alpha value is -2.39. The lowest BCUT2D eigenvalue weighted by Gasteiger charge is -2.05. The Bertz CT molecular complexity index is 622. The lowest BCUT2D eigenvalue weighted by Crippen LogP contribution is -2.03. The zero-order valence-electron chi connectivity index (χ0n) is 10.3. The number of pyridine rings is 1. The molecule has 96 valence electrons. The minimum atomic E-state index is -0.130. The summed E-state index contributed by atoms with van der Waals surface area (Å²) in [4.78, 5) is 4.03. The average molecular weight is 255 g/mol. The van der Waals surface area contributed by atoms with E-state index in [4.69, 9.17) is 10.5 Å². The first-order chi connectivity index (χ1) is 9.31. The Balaban J connectivity index is 2.10. The van der Waals surface area contributed by atoms with Gasteiger partial charge in [-0.2, -0.15) is 10.4 Å². The fourth-order valence-corrected chi connectivity index (χ4v) is 2.26.